The van der Waals surface area contributed by atoms with Crippen molar-refractivity contribution in [1.29, 1.82) is 0 Å². The Hall–Kier alpha value is -2.46. The number of rotatable bonds is 4. The molecular weight excluding hydrogens is 397 g/mol. The monoisotopic (exact) mass is 415 g/mol. The third-order valence-corrected chi connectivity index (χ3v) is 5.12. The third kappa shape index (κ3) is 3.40. The van der Waals surface area contributed by atoms with Crippen LogP contribution in [-0.4, -0.2) is 54.4 Å². The molecule has 0 aliphatic carbocycles. The molecule has 2 aromatic heterocycles. The fourth-order valence-corrected chi connectivity index (χ4v) is 3.80. The average Bonchev–Trinajstić information content (AvgIpc) is 3.00. The predicted molar refractivity (Wildman–Crippen MR) is 96.0 cm³/mol. The van der Waals surface area contributed by atoms with E-state index in [1.165, 1.54) is 10.6 Å². The van der Waals surface area contributed by atoms with Crippen LogP contribution in [0.5, 0.6) is 5.75 Å². The molecule has 0 unspecified atom stereocenters. The van der Waals surface area contributed by atoms with Gasteiger partial charge in [-0.2, -0.15) is 13.2 Å². The first kappa shape index (κ1) is 19.8. The van der Waals surface area contributed by atoms with Crippen molar-refractivity contribution in [2.75, 3.05) is 40.0 Å². The zero-order valence-electron chi connectivity index (χ0n) is 15.5. The quantitative estimate of drug-likeness (QED) is 0.608. The summed E-state index contributed by atoms with van der Waals surface area (Å²) in [7, 11) is 1.11. The fourth-order valence-electron chi connectivity index (χ4n) is 3.80. The van der Waals surface area contributed by atoms with Crippen molar-refractivity contribution in [3.63, 3.8) is 0 Å². The summed E-state index contributed by atoms with van der Waals surface area (Å²) < 4.78 is 81.7. The number of benzene rings is 1. The zero-order valence-corrected chi connectivity index (χ0v) is 15.5. The summed E-state index contributed by atoms with van der Waals surface area (Å²) in [6, 6.07) is 2.34. The summed E-state index contributed by atoms with van der Waals surface area (Å²) >= 11 is 0. The number of morpholine rings is 1. The smallest absolute Gasteiger partial charge is 0.435 e. The van der Waals surface area contributed by atoms with E-state index in [0.29, 0.717) is 32.8 Å². The first-order valence-corrected chi connectivity index (χ1v) is 9.03. The minimum Gasteiger partial charge on any atom is -0.491 e. The molecule has 3 heterocycles. The first-order chi connectivity index (χ1) is 13.8. The Kier molecular flexibility index (Phi) is 5.07. The molecule has 0 spiro atoms. The van der Waals surface area contributed by atoms with Gasteiger partial charge in [-0.15, -0.1) is 0 Å². The van der Waals surface area contributed by atoms with E-state index in [1.54, 1.807) is 0 Å². The van der Waals surface area contributed by atoms with Gasteiger partial charge in [0.2, 0.25) is 0 Å². The maximum absolute atomic E-state index is 15.1. The van der Waals surface area contributed by atoms with Gasteiger partial charge < -0.3 is 14.0 Å². The molecule has 0 N–H and O–H groups in total. The molecule has 0 bridgehead atoms. The SMILES string of the molecule is COc1c(F)cc2c3ccnc(C(F)(F)F)c3n(CCN3CCOCC3)c2c1F. The van der Waals surface area contributed by atoms with Crippen LogP contribution in [-0.2, 0) is 17.5 Å². The van der Waals surface area contributed by atoms with Gasteiger partial charge in [0.1, 0.15) is 0 Å². The molecule has 3 aromatic rings. The van der Waals surface area contributed by atoms with Crippen LogP contribution >= 0.6 is 0 Å². The first-order valence-electron chi connectivity index (χ1n) is 9.03. The number of aromatic nitrogens is 2. The molecule has 0 amide bonds. The van der Waals surface area contributed by atoms with Crippen LogP contribution in [0.15, 0.2) is 18.3 Å². The molecule has 10 heteroatoms. The lowest BCUT2D eigenvalue weighted by molar-refractivity contribution is -0.140. The topological polar surface area (TPSA) is 39.5 Å². The van der Waals surface area contributed by atoms with Crippen LogP contribution in [0, 0.1) is 11.6 Å². The number of alkyl halides is 3. The van der Waals surface area contributed by atoms with Gasteiger partial charge in [-0.1, -0.05) is 0 Å². The summed E-state index contributed by atoms with van der Waals surface area (Å²) in [5.41, 5.74) is -1.54. The Morgan fingerprint density at radius 2 is 1.83 bits per heavy atom. The lowest BCUT2D eigenvalue weighted by Gasteiger charge is -2.27. The minimum atomic E-state index is -4.75. The molecule has 0 radical (unpaired) electrons. The van der Waals surface area contributed by atoms with E-state index in [0.717, 1.165) is 19.4 Å². The third-order valence-electron chi connectivity index (χ3n) is 5.12. The Morgan fingerprint density at radius 3 is 2.48 bits per heavy atom. The molecule has 29 heavy (non-hydrogen) atoms. The van der Waals surface area contributed by atoms with Crippen LogP contribution < -0.4 is 4.74 Å². The molecule has 1 saturated heterocycles. The molecule has 1 aromatic carbocycles. The van der Waals surface area contributed by atoms with Gasteiger partial charge in [-0.3, -0.25) is 4.90 Å². The highest BCUT2D eigenvalue weighted by Crippen LogP contribution is 2.40. The van der Waals surface area contributed by atoms with E-state index in [2.05, 4.69) is 4.98 Å². The molecular formula is C19H18F5N3O2. The number of fused-ring (bicyclic) bond motifs is 3. The summed E-state index contributed by atoms with van der Waals surface area (Å²) in [5.74, 6) is -2.64. The summed E-state index contributed by atoms with van der Waals surface area (Å²) in [6.07, 6.45) is -3.75. The lowest BCUT2D eigenvalue weighted by Crippen LogP contribution is -2.38. The van der Waals surface area contributed by atoms with E-state index in [9.17, 15) is 17.6 Å². The van der Waals surface area contributed by atoms with E-state index in [4.69, 9.17) is 9.47 Å². The van der Waals surface area contributed by atoms with Gasteiger partial charge in [0.15, 0.2) is 23.1 Å². The highest BCUT2D eigenvalue weighted by molar-refractivity contribution is 6.09. The van der Waals surface area contributed by atoms with Gasteiger partial charge in [0, 0.05) is 43.1 Å². The van der Waals surface area contributed by atoms with Crippen molar-refractivity contribution in [2.45, 2.75) is 12.7 Å². The van der Waals surface area contributed by atoms with Crippen LogP contribution in [0.1, 0.15) is 5.69 Å². The van der Waals surface area contributed by atoms with Gasteiger partial charge >= 0.3 is 6.18 Å². The molecule has 156 valence electrons. The van der Waals surface area contributed by atoms with E-state index in [1.807, 2.05) is 4.90 Å². The number of ether oxygens (including phenoxy) is 2. The summed E-state index contributed by atoms with van der Waals surface area (Å²) in [5, 5.41) is 0.135. The zero-order chi connectivity index (χ0) is 20.8. The number of methoxy groups -OCH3 is 1. The molecule has 5 nitrogen and oxygen atoms in total. The van der Waals surface area contributed by atoms with E-state index < -0.39 is 29.3 Å². The summed E-state index contributed by atoms with van der Waals surface area (Å²) in [6.45, 7) is 2.75. The van der Waals surface area contributed by atoms with E-state index >= 15 is 4.39 Å². The Morgan fingerprint density at radius 1 is 1.10 bits per heavy atom. The number of hydrogen-bond acceptors (Lipinski definition) is 4. The standard InChI is InChI=1S/C19H18F5N3O2/c1-28-17-13(20)10-12-11-2-3-25-18(19(22,23)24)16(11)27(15(12)14(17)21)5-4-26-6-8-29-9-7-26/h2-3,10H,4-9H2,1H3. The second-order valence-electron chi connectivity index (χ2n) is 6.76. The minimum absolute atomic E-state index is 0.0469. The van der Waals surface area contributed by atoms with E-state index in [-0.39, 0.29) is 28.4 Å². The second kappa shape index (κ2) is 7.42. The Balaban J connectivity index is 1.97. The van der Waals surface area contributed by atoms with Crippen molar-refractivity contribution in [3.05, 3.63) is 35.7 Å². The van der Waals surface area contributed by atoms with Crippen molar-refractivity contribution in [3.8, 4) is 5.75 Å². The molecule has 0 saturated carbocycles. The number of pyridine rings is 1. The Bertz CT molecular complexity index is 1060. The van der Waals surface area contributed by atoms with Gasteiger partial charge in [0.05, 0.1) is 31.4 Å². The van der Waals surface area contributed by atoms with Crippen LogP contribution in [0.2, 0.25) is 0 Å². The maximum atomic E-state index is 15.1. The normalized spacial score (nSPS) is 16.1. The van der Waals surface area contributed by atoms with Crippen LogP contribution in [0.3, 0.4) is 0 Å². The highest BCUT2D eigenvalue weighted by Gasteiger charge is 2.37. The van der Waals surface area contributed by atoms with Crippen molar-refractivity contribution in [1.82, 2.24) is 14.5 Å². The van der Waals surface area contributed by atoms with Crippen molar-refractivity contribution >= 4 is 21.8 Å². The highest BCUT2D eigenvalue weighted by atomic mass is 19.4. The molecule has 0 atom stereocenters. The van der Waals surface area contributed by atoms with Crippen molar-refractivity contribution in [2.24, 2.45) is 0 Å². The molecule has 4 rings (SSSR count). The lowest BCUT2D eigenvalue weighted by atomic mass is 10.1. The summed E-state index contributed by atoms with van der Waals surface area (Å²) in [4.78, 5) is 5.51. The number of hydrogen-bond donors (Lipinski definition) is 0. The number of nitrogens with zero attached hydrogens (tertiary/aromatic N) is 3. The predicted octanol–water partition coefficient (Wildman–Crippen LogP) is 3.83. The van der Waals surface area contributed by atoms with Gasteiger partial charge in [-0.05, 0) is 12.1 Å². The van der Waals surface area contributed by atoms with Gasteiger partial charge in [-0.25, -0.2) is 13.8 Å². The van der Waals surface area contributed by atoms with Crippen LogP contribution in [0.25, 0.3) is 21.8 Å². The largest absolute Gasteiger partial charge is 0.491 e. The molecule has 1 aliphatic heterocycles. The Labute approximate surface area is 162 Å². The van der Waals surface area contributed by atoms with Crippen LogP contribution in [0.4, 0.5) is 22.0 Å². The second-order valence-corrected chi connectivity index (χ2v) is 6.76. The average molecular weight is 415 g/mol. The number of halogens is 5. The maximum Gasteiger partial charge on any atom is 0.435 e. The molecule has 1 fully saturated rings. The molecule has 1 aliphatic rings. The fraction of sp³-hybridized carbons (Fsp3) is 0.421. The van der Waals surface area contributed by atoms with Crippen molar-refractivity contribution < 1.29 is 31.4 Å². The van der Waals surface area contributed by atoms with Gasteiger partial charge in [0.25, 0.3) is 0 Å².